The summed E-state index contributed by atoms with van der Waals surface area (Å²) in [5, 5.41) is 3.68. The van der Waals surface area contributed by atoms with Gasteiger partial charge in [-0.25, -0.2) is 0 Å². The zero-order valence-corrected chi connectivity index (χ0v) is 9.75. The van der Waals surface area contributed by atoms with Gasteiger partial charge in [0.1, 0.15) is 0 Å². The van der Waals surface area contributed by atoms with Crippen molar-refractivity contribution >= 4 is 10.9 Å². The van der Waals surface area contributed by atoms with Gasteiger partial charge in [-0.1, -0.05) is 12.1 Å². The molecule has 1 aromatic heterocycles. The topological polar surface area (TPSA) is 43.8 Å². The highest BCUT2D eigenvalue weighted by molar-refractivity contribution is 5.83. The maximum Gasteiger partial charge on any atom is 0.435 e. The van der Waals surface area contributed by atoms with Crippen molar-refractivity contribution in [1.29, 1.82) is 0 Å². The SMILES string of the molecule is Cn1nc(C(F)(F)F)c2ccc(C3(N)CC3)cc21. The van der Waals surface area contributed by atoms with Gasteiger partial charge in [0.25, 0.3) is 0 Å². The Morgan fingerprint density at radius 2 is 2.00 bits per heavy atom. The standard InChI is InChI=1S/C12H12F3N3/c1-18-9-6-7(11(16)4-5-11)2-3-8(9)10(17-18)12(13,14)15/h2-3,6H,4-5,16H2,1H3. The lowest BCUT2D eigenvalue weighted by Crippen LogP contribution is -2.18. The van der Waals surface area contributed by atoms with Gasteiger partial charge in [0.2, 0.25) is 0 Å². The molecule has 1 fully saturated rings. The predicted molar refractivity (Wildman–Crippen MR) is 60.8 cm³/mol. The van der Waals surface area contributed by atoms with Crippen LogP contribution in [0.15, 0.2) is 18.2 Å². The maximum absolute atomic E-state index is 12.8. The van der Waals surface area contributed by atoms with E-state index < -0.39 is 11.9 Å². The smallest absolute Gasteiger partial charge is 0.321 e. The summed E-state index contributed by atoms with van der Waals surface area (Å²) in [5.74, 6) is 0. The molecule has 1 aromatic carbocycles. The Hall–Kier alpha value is -1.56. The van der Waals surface area contributed by atoms with Crippen molar-refractivity contribution in [2.75, 3.05) is 0 Å². The second-order valence-electron chi connectivity index (χ2n) is 4.86. The minimum atomic E-state index is -4.43. The molecule has 0 bridgehead atoms. The van der Waals surface area contributed by atoms with Gasteiger partial charge < -0.3 is 5.73 Å². The van der Waals surface area contributed by atoms with Gasteiger partial charge in [0.05, 0.1) is 5.52 Å². The summed E-state index contributed by atoms with van der Waals surface area (Å²) in [7, 11) is 1.51. The largest absolute Gasteiger partial charge is 0.435 e. The van der Waals surface area contributed by atoms with Crippen LogP contribution < -0.4 is 5.73 Å². The first-order chi connectivity index (χ1) is 8.31. The normalized spacial score (nSPS) is 18.3. The molecule has 1 saturated carbocycles. The molecule has 2 aromatic rings. The van der Waals surface area contributed by atoms with Crippen LogP contribution in [0.1, 0.15) is 24.1 Å². The van der Waals surface area contributed by atoms with Crippen LogP contribution in [0.4, 0.5) is 13.2 Å². The minimum absolute atomic E-state index is 0.123. The molecular weight excluding hydrogens is 243 g/mol. The molecule has 0 aliphatic heterocycles. The van der Waals surface area contributed by atoms with Gasteiger partial charge in [0.15, 0.2) is 5.69 Å². The molecule has 0 radical (unpaired) electrons. The van der Waals surface area contributed by atoms with Crippen molar-refractivity contribution in [3.05, 3.63) is 29.5 Å². The molecule has 1 aliphatic carbocycles. The first-order valence-electron chi connectivity index (χ1n) is 5.65. The fourth-order valence-electron chi connectivity index (χ4n) is 2.20. The number of alkyl halides is 3. The fraction of sp³-hybridized carbons (Fsp3) is 0.417. The summed E-state index contributed by atoms with van der Waals surface area (Å²) < 4.78 is 39.6. The average molecular weight is 255 g/mol. The number of benzene rings is 1. The lowest BCUT2D eigenvalue weighted by atomic mass is 10.0. The molecule has 0 atom stereocenters. The molecule has 0 unspecified atom stereocenters. The van der Waals surface area contributed by atoms with Gasteiger partial charge in [-0.2, -0.15) is 18.3 Å². The van der Waals surface area contributed by atoms with Crippen molar-refractivity contribution < 1.29 is 13.2 Å². The third-order valence-electron chi connectivity index (χ3n) is 3.48. The number of fused-ring (bicyclic) bond motifs is 1. The Bertz CT molecular complexity index is 623. The Balaban J connectivity index is 2.21. The molecule has 1 aliphatic rings. The summed E-state index contributed by atoms with van der Waals surface area (Å²) in [5.41, 5.74) is 6.21. The van der Waals surface area contributed by atoms with Crippen LogP contribution in [0.3, 0.4) is 0 Å². The Kier molecular flexibility index (Phi) is 2.09. The molecule has 3 rings (SSSR count). The Morgan fingerprint density at radius 1 is 1.33 bits per heavy atom. The number of aryl methyl sites for hydroxylation is 1. The van der Waals surface area contributed by atoms with E-state index in [0.29, 0.717) is 5.52 Å². The second kappa shape index (κ2) is 3.26. The highest BCUT2D eigenvalue weighted by Gasteiger charge is 2.41. The van der Waals surface area contributed by atoms with E-state index in [1.165, 1.54) is 17.8 Å². The zero-order chi connectivity index (χ0) is 13.1. The summed E-state index contributed by atoms with van der Waals surface area (Å²) >= 11 is 0. The Labute approximate surface area is 101 Å². The van der Waals surface area contributed by atoms with Crippen molar-refractivity contribution in [3.63, 3.8) is 0 Å². The van der Waals surface area contributed by atoms with Crippen LogP contribution in [0.2, 0.25) is 0 Å². The lowest BCUT2D eigenvalue weighted by Gasteiger charge is -2.09. The monoisotopic (exact) mass is 255 g/mol. The van der Waals surface area contributed by atoms with Crippen molar-refractivity contribution in [1.82, 2.24) is 9.78 Å². The van der Waals surface area contributed by atoms with Gasteiger partial charge >= 0.3 is 6.18 Å². The van der Waals surface area contributed by atoms with E-state index in [4.69, 9.17) is 5.73 Å². The third kappa shape index (κ3) is 1.59. The average Bonchev–Trinajstić information content (AvgIpc) is 2.94. The molecule has 0 saturated heterocycles. The van der Waals surface area contributed by atoms with Crippen molar-refractivity contribution in [2.45, 2.75) is 24.6 Å². The molecular formula is C12H12F3N3. The fourth-order valence-corrected chi connectivity index (χ4v) is 2.20. The number of halogens is 3. The maximum atomic E-state index is 12.8. The van der Waals surface area contributed by atoms with Crippen LogP contribution in [0, 0.1) is 0 Å². The highest BCUT2D eigenvalue weighted by Crippen LogP contribution is 2.44. The number of nitrogens with zero attached hydrogens (tertiary/aromatic N) is 2. The second-order valence-corrected chi connectivity index (χ2v) is 4.86. The number of hydrogen-bond donors (Lipinski definition) is 1. The molecule has 18 heavy (non-hydrogen) atoms. The number of aromatic nitrogens is 2. The van der Waals surface area contributed by atoms with E-state index >= 15 is 0 Å². The molecule has 2 N–H and O–H groups in total. The van der Waals surface area contributed by atoms with Gasteiger partial charge in [-0.15, -0.1) is 0 Å². The highest BCUT2D eigenvalue weighted by atomic mass is 19.4. The first kappa shape index (κ1) is 11.5. The van der Waals surface area contributed by atoms with Gasteiger partial charge in [0, 0.05) is 18.0 Å². The van der Waals surface area contributed by atoms with Crippen molar-refractivity contribution in [3.8, 4) is 0 Å². The van der Waals surface area contributed by atoms with E-state index in [1.54, 1.807) is 12.1 Å². The number of rotatable bonds is 1. The number of hydrogen-bond acceptors (Lipinski definition) is 2. The lowest BCUT2D eigenvalue weighted by molar-refractivity contribution is -0.140. The van der Waals surface area contributed by atoms with Crippen LogP contribution in [0.25, 0.3) is 10.9 Å². The molecule has 6 heteroatoms. The number of nitrogens with two attached hydrogens (primary N) is 1. The van der Waals surface area contributed by atoms with Gasteiger partial charge in [-0.3, -0.25) is 4.68 Å². The summed E-state index contributed by atoms with van der Waals surface area (Å²) in [6, 6.07) is 4.85. The van der Waals surface area contributed by atoms with E-state index in [0.717, 1.165) is 18.4 Å². The first-order valence-corrected chi connectivity index (χ1v) is 5.65. The van der Waals surface area contributed by atoms with Crippen LogP contribution in [-0.2, 0) is 18.8 Å². The van der Waals surface area contributed by atoms with E-state index in [1.807, 2.05) is 0 Å². The van der Waals surface area contributed by atoms with E-state index in [2.05, 4.69) is 5.10 Å². The molecule has 0 spiro atoms. The molecule has 3 nitrogen and oxygen atoms in total. The van der Waals surface area contributed by atoms with Crippen LogP contribution in [0.5, 0.6) is 0 Å². The van der Waals surface area contributed by atoms with E-state index in [-0.39, 0.29) is 10.9 Å². The quantitative estimate of drug-likeness (QED) is 0.851. The zero-order valence-electron chi connectivity index (χ0n) is 9.75. The third-order valence-corrected chi connectivity index (χ3v) is 3.48. The minimum Gasteiger partial charge on any atom is -0.321 e. The van der Waals surface area contributed by atoms with Gasteiger partial charge in [-0.05, 0) is 24.5 Å². The molecule has 1 heterocycles. The Morgan fingerprint density at radius 3 is 2.56 bits per heavy atom. The molecule has 96 valence electrons. The van der Waals surface area contributed by atoms with Crippen LogP contribution in [-0.4, -0.2) is 9.78 Å². The van der Waals surface area contributed by atoms with E-state index in [9.17, 15) is 13.2 Å². The predicted octanol–water partition coefficient (Wildman–Crippen LogP) is 2.54. The summed E-state index contributed by atoms with van der Waals surface area (Å²) in [4.78, 5) is 0. The summed E-state index contributed by atoms with van der Waals surface area (Å²) in [6.45, 7) is 0. The van der Waals surface area contributed by atoms with Crippen molar-refractivity contribution in [2.24, 2.45) is 12.8 Å². The summed E-state index contributed by atoms with van der Waals surface area (Å²) in [6.07, 6.45) is -2.67. The molecule has 0 amide bonds. The van der Waals surface area contributed by atoms with Crippen LogP contribution >= 0.6 is 0 Å².